The molecule has 0 radical (unpaired) electrons. The van der Waals surface area contributed by atoms with Crippen LogP contribution in [0.2, 0.25) is 0 Å². The summed E-state index contributed by atoms with van der Waals surface area (Å²) >= 11 is 0. The minimum absolute atomic E-state index is 0.0389. The van der Waals surface area contributed by atoms with Gasteiger partial charge in [0.05, 0.1) is 37.6 Å². The van der Waals surface area contributed by atoms with E-state index in [1.165, 1.54) is 0 Å². The van der Waals surface area contributed by atoms with Crippen LogP contribution in [0, 0.1) is 5.92 Å². The zero-order chi connectivity index (χ0) is 22.3. The molecule has 0 saturated carbocycles. The third-order valence-electron chi connectivity index (χ3n) is 5.84. The monoisotopic (exact) mass is 433 g/mol. The summed E-state index contributed by atoms with van der Waals surface area (Å²) in [6.07, 6.45) is -0.872. The molecule has 0 spiro atoms. The second-order valence-corrected chi connectivity index (χ2v) is 8.72. The molecule has 0 aromatic rings. The maximum atomic E-state index is 12.5. The number of likely N-dealkylation sites (tertiary alicyclic amines) is 1. The van der Waals surface area contributed by atoms with Gasteiger partial charge in [0, 0.05) is 25.5 Å². The van der Waals surface area contributed by atoms with Gasteiger partial charge in [-0.3, -0.25) is 4.79 Å². The highest BCUT2D eigenvalue weighted by Crippen LogP contribution is 2.27. The Kier molecular flexibility index (Phi) is 10.4. The van der Waals surface area contributed by atoms with Gasteiger partial charge in [0.1, 0.15) is 12.2 Å². The number of ether oxygens (including phenoxy) is 3. The topological polar surface area (TPSA) is 129 Å². The van der Waals surface area contributed by atoms with Gasteiger partial charge in [0.25, 0.3) is 0 Å². The smallest absolute Gasteiger partial charge is 0.222 e. The zero-order valence-electron chi connectivity index (χ0n) is 18.4. The van der Waals surface area contributed by atoms with Crippen LogP contribution in [0.1, 0.15) is 52.9 Å². The molecule has 9 nitrogen and oxygen atoms in total. The number of aliphatic hydroxyl groups is 4. The van der Waals surface area contributed by atoms with E-state index in [0.717, 1.165) is 12.8 Å². The van der Waals surface area contributed by atoms with Gasteiger partial charge in [0.2, 0.25) is 5.91 Å². The van der Waals surface area contributed by atoms with E-state index < -0.39 is 36.6 Å². The van der Waals surface area contributed by atoms with Gasteiger partial charge in [-0.15, -0.1) is 0 Å². The summed E-state index contributed by atoms with van der Waals surface area (Å²) in [5, 5.41) is 39.1. The van der Waals surface area contributed by atoms with Crippen LogP contribution >= 0.6 is 0 Å². The van der Waals surface area contributed by atoms with Gasteiger partial charge in [-0.1, -0.05) is 13.3 Å². The van der Waals surface area contributed by atoms with E-state index in [4.69, 9.17) is 14.2 Å². The number of β-amino-alcohol motifs (C(OH)–C–C–N with tert-alkyl or cyclic N) is 1. The van der Waals surface area contributed by atoms with Crippen molar-refractivity contribution in [2.75, 3.05) is 26.4 Å². The zero-order valence-corrected chi connectivity index (χ0v) is 18.4. The van der Waals surface area contributed by atoms with Crippen LogP contribution < -0.4 is 0 Å². The maximum absolute atomic E-state index is 12.5. The van der Waals surface area contributed by atoms with Crippen molar-refractivity contribution in [3.8, 4) is 0 Å². The second-order valence-electron chi connectivity index (χ2n) is 8.72. The lowest BCUT2D eigenvalue weighted by Crippen LogP contribution is -2.55. The molecule has 1 amide bonds. The number of aliphatic hydroxyl groups excluding tert-OH is 4. The lowest BCUT2D eigenvalue weighted by Gasteiger charge is -2.40. The molecule has 2 heterocycles. The van der Waals surface area contributed by atoms with Crippen molar-refractivity contribution in [2.24, 2.45) is 5.92 Å². The molecular weight excluding hydrogens is 394 g/mol. The third kappa shape index (κ3) is 7.12. The van der Waals surface area contributed by atoms with Crippen molar-refractivity contribution in [1.29, 1.82) is 0 Å². The van der Waals surface area contributed by atoms with Crippen molar-refractivity contribution >= 4 is 5.91 Å². The van der Waals surface area contributed by atoms with Crippen LogP contribution in [0.5, 0.6) is 0 Å². The molecule has 2 rings (SSSR count). The Morgan fingerprint density at radius 2 is 1.90 bits per heavy atom. The average molecular weight is 434 g/mol. The number of hydrogen-bond acceptors (Lipinski definition) is 8. The number of unbranched alkanes of at least 4 members (excludes halogenated alkanes) is 2. The summed E-state index contributed by atoms with van der Waals surface area (Å²) in [6, 6.07) is -0.0654. The van der Waals surface area contributed by atoms with E-state index in [2.05, 4.69) is 0 Å². The van der Waals surface area contributed by atoms with Crippen LogP contribution in [0.15, 0.2) is 0 Å². The Morgan fingerprint density at radius 3 is 2.57 bits per heavy atom. The van der Waals surface area contributed by atoms with E-state index in [1.807, 2.05) is 13.8 Å². The number of amides is 1. The van der Waals surface area contributed by atoms with Gasteiger partial charge in [-0.05, 0) is 33.1 Å². The molecule has 4 N–H and O–H groups in total. The first kappa shape index (κ1) is 25.5. The molecule has 2 aliphatic rings. The van der Waals surface area contributed by atoms with Crippen molar-refractivity contribution in [1.82, 2.24) is 4.90 Å². The minimum atomic E-state index is -1.13. The van der Waals surface area contributed by atoms with E-state index >= 15 is 0 Å². The predicted molar refractivity (Wildman–Crippen MR) is 109 cm³/mol. The summed E-state index contributed by atoms with van der Waals surface area (Å²) < 4.78 is 16.8. The van der Waals surface area contributed by atoms with Gasteiger partial charge >= 0.3 is 0 Å². The Balaban J connectivity index is 1.64. The standard InChI is InChI=1S/C21H39NO8/c1-13(2)29-12-15-9-16(24)10-22(15)18(25)7-5-4-6-8-28-21-14(3)19(26)20(27)17(11-23)30-21/h13-17,19-21,23-24,26-27H,4-12H2,1-3H3/t14?,15-,16+,17?,19+,20-,21+/m0/s1. The highest BCUT2D eigenvalue weighted by Gasteiger charge is 2.42. The van der Waals surface area contributed by atoms with Crippen LogP contribution in [0.4, 0.5) is 0 Å². The lowest BCUT2D eigenvalue weighted by atomic mass is 9.92. The molecule has 0 aromatic carbocycles. The number of carbonyl (C=O) groups is 1. The predicted octanol–water partition coefficient (Wildman–Crippen LogP) is 0.0253. The highest BCUT2D eigenvalue weighted by atomic mass is 16.7. The fourth-order valence-electron chi connectivity index (χ4n) is 3.97. The fourth-order valence-corrected chi connectivity index (χ4v) is 3.97. The second kappa shape index (κ2) is 12.3. The molecule has 0 aromatic heterocycles. The normalized spacial score (nSPS) is 34.7. The molecule has 2 fully saturated rings. The summed E-state index contributed by atoms with van der Waals surface area (Å²) in [4.78, 5) is 14.3. The number of nitrogens with zero attached hydrogens (tertiary/aromatic N) is 1. The Bertz CT molecular complexity index is 517. The lowest BCUT2D eigenvalue weighted by molar-refractivity contribution is -0.282. The van der Waals surface area contributed by atoms with Crippen LogP contribution in [0.3, 0.4) is 0 Å². The molecular formula is C21H39NO8. The molecule has 0 bridgehead atoms. The van der Waals surface area contributed by atoms with E-state index in [0.29, 0.717) is 39.0 Å². The molecule has 2 saturated heterocycles. The molecule has 2 unspecified atom stereocenters. The maximum Gasteiger partial charge on any atom is 0.222 e. The van der Waals surface area contributed by atoms with Crippen molar-refractivity contribution in [2.45, 2.75) is 95.7 Å². The average Bonchev–Trinajstić information content (AvgIpc) is 3.09. The Morgan fingerprint density at radius 1 is 1.17 bits per heavy atom. The summed E-state index contributed by atoms with van der Waals surface area (Å²) in [5.74, 6) is -0.368. The third-order valence-corrected chi connectivity index (χ3v) is 5.84. The summed E-state index contributed by atoms with van der Waals surface area (Å²) in [5.41, 5.74) is 0. The fraction of sp³-hybridized carbons (Fsp3) is 0.952. The highest BCUT2D eigenvalue weighted by molar-refractivity contribution is 5.76. The Labute approximate surface area is 178 Å². The molecule has 0 aliphatic carbocycles. The molecule has 176 valence electrons. The van der Waals surface area contributed by atoms with E-state index in [-0.39, 0.29) is 24.7 Å². The first-order valence-corrected chi connectivity index (χ1v) is 11.1. The minimum Gasteiger partial charge on any atom is -0.394 e. The largest absolute Gasteiger partial charge is 0.394 e. The molecule has 30 heavy (non-hydrogen) atoms. The quantitative estimate of drug-likeness (QED) is 0.336. The van der Waals surface area contributed by atoms with Crippen molar-refractivity contribution < 1.29 is 39.4 Å². The first-order chi connectivity index (χ1) is 14.2. The van der Waals surface area contributed by atoms with E-state index in [9.17, 15) is 25.2 Å². The number of hydrogen-bond donors (Lipinski definition) is 4. The van der Waals surface area contributed by atoms with Crippen molar-refractivity contribution in [3.63, 3.8) is 0 Å². The van der Waals surface area contributed by atoms with Crippen molar-refractivity contribution in [3.05, 3.63) is 0 Å². The molecule has 7 atom stereocenters. The molecule has 9 heteroatoms. The van der Waals surface area contributed by atoms with Gasteiger partial charge in [-0.2, -0.15) is 0 Å². The Hall–Kier alpha value is -0.810. The number of rotatable bonds is 11. The summed E-state index contributed by atoms with van der Waals surface area (Å²) in [6.45, 7) is 6.46. The number of carbonyl (C=O) groups excluding carboxylic acids is 1. The van der Waals surface area contributed by atoms with Gasteiger partial charge in [0.15, 0.2) is 6.29 Å². The van der Waals surface area contributed by atoms with Gasteiger partial charge in [-0.25, -0.2) is 0 Å². The SMILES string of the molecule is CC(C)OC[C@@H]1C[C@@H](O)CN1C(=O)CCCCCO[C@@H]1OC(CO)[C@H](O)[C@H](O)C1C. The first-order valence-electron chi connectivity index (χ1n) is 11.1. The van der Waals surface area contributed by atoms with Crippen LogP contribution in [-0.2, 0) is 19.0 Å². The summed E-state index contributed by atoms with van der Waals surface area (Å²) in [7, 11) is 0. The van der Waals surface area contributed by atoms with Crippen LogP contribution in [0.25, 0.3) is 0 Å². The van der Waals surface area contributed by atoms with Gasteiger partial charge < -0.3 is 39.5 Å². The van der Waals surface area contributed by atoms with Crippen LogP contribution in [-0.4, -0.2) is 100 Å². The van der Waals surface area contributed by atoms with E-state index in [1.54, 1.807) is 11.8 Å². The molecule has 2 aliphatic heterocycles.